The summed E-state index contributed by atoms with van der Waals surface area (Å²) in [6, 6.07) is 3.39. The molecule has 6 nitrogen and oxygen atoms in total. The van der Waals surface area contributed by atoms with E-state index < -0.39 is 17.8 Å². The summed E-state index contributed by atoms with van der Waals surface area (Å²) >= 11 is 0. The molecule has 0 bridgehead atoms. The average Bonchev–Trinajstić information content (AvgIpc) is 2.37. The van der Waals surface area contributed by atoms with E-state index >= 15 is 0 Å². The first-order valence-electron chi connectivity index (χ1n) is 7.09. The van der Waals surface area contributed by atoms with Gasteiger partial charge in [0.05, 0.1) is 26.0 Å². The highest BCUT2D eigenvalue weighted by Gasteiger charge is 2.19. The van der Waals surface area contributed by atoms with Crippen molar-refractivity contribution in [3.63, 3.8) is 0 Å². The first-order valence-corrected chi connectivity index (χ1v) is 7.09. The molecule has 2 N–H and O–H groups in total. The number of carbonyl (C=O) groups excluding carboxylic acids is 1. The Hall–Kier alpha value is -1.95. The lowest BCUT2D eigenvalue weighted by Crippen LogP contribution is -2.27. The van der Waals surface area contributed by atoms with Gasteiger partial charge in [0.15, 0.2) is 11.5 Å². The normalized spacial score (nSPS) is 12.5. The maximum Gasteiger partial charge on any atom is 0.412 e. The lowest BCUT2D eigenvalue weighted by Gasteiger charge is -2.21. The van der Waals surface area contributed by atoms with Crippen molar-refractivity contribution in [1.82, 2.24) is 0 Å². The van der Waals surface area contributed by atoms with Gasteiger partial charge in [-0.25, -0.2) is 4.79 Å². The van der Waals surface area contributed by atoms with E-state index in [1.165, 1.54) is 14.2 Å². The molecule has 0 unspecified atom stereocenters. The Balaban J connectivity index is 3.11. The van der Waals surface area contributed by atoms with Crippen LogP contribution >= 0.6 is 0 Å². The van der Waals surface area contributed by atoms with Crippen molar-refractivity contribution in [2.75, 3.05) is 19.5 Å². The van der Waals surface area contributed by atoms with Crippen LogP contribution in [0.3, 0.4) is 0 Å². The van der Waals surface area contributed by atoms with Crippen molar-refractivity contribution in [1.29, 1.82) is 0 Å². The first kappa shape index (κ1) is 18.1. The van der Waals surface area contributed by atoms with Crippen molar-refractivity contribution >= 4 is 11.8 Å². The van der Waals surface area contributed by atoms with Gasteiger partial charge in [-0.3, -0.25) is 5.32 Å². The maximum absolute atomic E-state index is 12.0. The minimum Gasteiger partial charge on any atom is -0.493 e. The van der Waals surface area contributed by atoms with Crippen molar-refractivity contribution in [2.24, 2.45) is 0 Å². The molecular weight excluding hydrogens is 286 g/mol. The Morgan fingerprint density at radius 2 is 1.77 bits per heavy atom. The van der Waals surface area contributed by atoms with Crippen LogP contribution in [0.25, 0.3) is 0 Å². The Kier molecular flexibility index (Phi) is 6.05. The molecule has 1 aromatic carbocycles. The first-order chi connectivity index (χ1) is 10.2. The smallest absolute Gasteiger partial charge is 0.412 e. The molecule has 1 atom stereocenters. The van der Waals surface area contributed by atoms with Crippen LogP contribution in [0.2, 0.25) is 0 Å². The van der Waals surface area contributed by atoms with Gasteiger partial charge in [-0.1, -0.05) is 0 Å². The summed E-state index contributed by atoms with van der Waals surface area (Å²) in [5, 5.41) is 12.3. The topological polar surface area (TPSA) is 77.0 Å². The lowest BCUT2D eigenvalue weighted by molar-refractivity contribution is 0.0635. The Morgan fingerprint density at radius 1 is 1.23 bits per heavy atom. The fraction of sp³-hybridized carbons (Fsp3) is 0.562. The van der Waals surface area contributed by atoms with Crippen LogP contribution in [0.4, 0.5) is 10.5 Å². The van der Waals surface area contributed by atoms with Crippen LogP contribution in [0, 0.1) is 0 Å². The summed E-state index contributed by atoms with van der Waals surface area (Å²) < 4.78 is 15.7. The molecule has 1 aromatic rings. The molecule has 0 radical (unpaired) electrons. The van der Waals surface area contributed by atoms with Crippen molar-refractivity contribution in [3.8, 4) is 11.5 Å². The number of methoxy groups -OCH3 is 2. The molecule has 1 amide bonds. The molecule has 0 aromatic heterocycles. The minimum absolute atomic E-state index is 0.367. The highest BCUT2D eigenvalue weighted by atomic mass is 16.6. The van der Waals surface area contributed by atoms with E-state index in [4.69, 9.17) is 14.2 Å². The van der Waals surface area contributed by atoms with Crippen LogP contribution < -0.4 is 14.8 Å². The molecular formula is C16H25NO5. The number of ether oxygens (including phenoxy) is 3. The predicted octanol–water partition coefficient (Wildman–Crippen LogP) is 2.97. The molecule has 22 heavy (non-hydrogen) atoms. The lowest BCUT2D eigenvalue weighted by atomic mass is 10.1. The molecule has 0 aliphatic rings. The van der Waals surface area contributed by atoms with E-state index in [0.29, 0.717) is 23.6 Å². The molecule has 0 fully saturated rings. The molecule has 0 spiro atoms. The molecule has 0 heterocycles. The van der Waals surface area contributed by atoms with Gasteiger partial charge < -0.3 is 19.3 Å². The van der Waals surface area contributed by atoms with Gasteiger partial charge in [-0.15, -0.1) is 0 Å². The molecule has 0 saturated heterocycles. The second-order valence-corrected chi connectivity index (χ2v) is 6.04. The zero-order valence-electron chi connectivity index (χ0n) is 14.0. The summed E-state index contributed by atoms with van der Waals surface area (Å²) in [7, 11) is 3.05. The minimum atomic E-state index is -0.592. The van der Waals surface area contributed by atoms with Crippen LogP contribution in [0.15, 0.2) is 12.1 Å². The van der Waals surface area contributed by atoms with Gasteiger partial charge in [-0.2, -0.15) is 0 Å². The quantitative estimate of drug-likeness (QED) is 0.874. The second kappa shape index (κ2) is 7.35. The number of benzene rings is 1. The van der Waals surface area contributed by atoms with E-state index in [1.54, 1.807) is 39.8 Å². The Labute approximate surface area is 131 Å². The van der Waals surface area contributed by atoms with Gasteiger partial charge in [0, 0.05) is 12.5 Å². The summed E-state index contributed by atoms with van der Waals surface area (Å²) in [6.45, 7) is 7.04. The summed E-state index contributed by atoms with van der Waals surface area (Å²) in [4.78, 5) is 12.0. The molecule has 124 valence electrons. The van der Waals surface area contributed by atoms with Gasteiger partial charge in [0.25, 0.3) is 0 Å². The van der Waals surface area contributed by atoms with E-state index in [-0.39, 0.29) is 0 Å². The third-order valence-corrected chi connectivity index (χ3v) is 2.76. The third kappa shape index (κ3) is 5.44. The Morgan fingerprint density at radius 3 is 2.23 bits per heavy atom. The number of carbonyl (C=O) groups is 1. The summed E-state index contributed by atoms with van der Waals surface area (Å²) in [5.74, 6) is 1.02. The standard InChI is InChI=1S/C16H25NO5/c1-10(18)7-11-8-13(20-5)14(21-6)9-12(11)17-15(19)22-16(2,3)4/h8-10,18H,7H2,1-6H3,(H,17,19)/t10-/m1/s1. The van der Waals surface area contributed by atoms with Crippen LogP contribution in [0.1, 0.15) is 33.3 Å². The maximum atomic E-state index is 12.0. The monoisotopic (exact) mass is 311 g/mol. The largest absolute Gasteiger partial charge is 0.493 e. The van der Waals surface area contributed by atoms with Crippen molar-refractivity contribution < 1.29 is 24.1 Å². The van der Waals surface area contributed by atoms with E-state index in [9.17, 15) is 9.90 Å². The summed E-state index contributed by atoms with van der Waals surface area (Å²) in [5.41, 5.74) is 0.664. The second-order valence-electron chi connectivity index (χ2n) is 6.04. The van der Waals surface area contributed by atoms with Crippen molar-refractivity contribution in [3.05, 3.63) is 17.7 Å². The zero-order chi connectivity index (χ0) is 16.9. The third-order valence-electron chi connectivity index (χ3n) is 2.76. The molecule has 0 aliphatic carbocycles. The van der Waals surface area contributed by atoms with E-state index in [1.807, 2.05) is 0 Å². The SMILES string of the molecule is COc1cc(C[C@@H](C)O)c(NC(=O)OC(C)(C)C)cc1OC. The summed E-state index contributed by atoms with van der Waals surface area (Å²) in [6.07, 6.45) is -0.755. The highest BCUT2D eigenvalue weighted by molar-refractivity contribution is 5.86. The molecule has 0 saturated carbocycles. The average molecular weight is 311 g/mol. The number of anilines is 1. The number of amides is 1. The van der Waals surface area contributed by atoms with E-state index in [0.717, 1.165) is 5.56 Å². The van der Waals surface area contributed by atoms with Crippen LogP contribution in [0.5, 0.6) is 11.5 Å². The number of nitrogens with one attached hydrogen (secondary N) is 1. The molecule has 0 aliphatic heterocycles. The van der Waals surface area contributed by atoms with E-state index in [2.05, 4.69) is 5.32 Å². The Bertz CT molecular complexity index is 520. The molecule has 6 heteroatoms. The number of hydrogen-bond acceptors (Lipinski definition) is 5. The number of rotatable bonds is 5. The molecule has 1 rings (SSSR count). The van der Waals surface area contributed by atoms with Gasteiger partial charge >= 0.3 is 6.09 Å². The van der Waals surface area contributed by atoms with Crippen LogP contribution in [-0.2, 0) is 11.2 Å². The highest BCUT2D eigenvalue weighted by Crippen LogP contribution is 2.34. The fourth-order valence-corrected chi connectivity index (χ4v) is 1.94. The number of aliphatic hydroxyl groups is 1. The van der Waals surface area contributed by atoms with Gasteiger partial charge in [-0.05, 0) is 39.3 Å². The van der Waals surface area contributed by atoms with Crippen LogP contribution in [-0.4, -0.2) is 37.1 Å². The fourth-order valence-electron chi connectivity index (χ4n) is 1.94. The number of hydrogen-bond donors (Lipinski definition) is 2. The van der Waals surface area contributed by atoms with Gasteiger partial charge in [0.2, 0.25) is 0 Å². The van der Waals surface area contributed by atoms with Gasteiger partial charge in [0.1, 0.15) is 5.60 Å². The number of aliphatic hydroxyl groups excluding tert-OH is 1. The van der Waals surface area contributed by atoms with Crippen molar-refractivity contribution in [2.45, 2.75) is 45.8 Å². The zero-order valence-corrected chi connectivity index (χ0v) is 14.0. The predicted molar refractivity (Wildman–Crippen MR) is 84.8 cm³/mol.